The fourth-order valence-electron chi connectivity index (χ4n) is 2.28. The lowest BCUT2D eigenvalue weighted by atomic mass is 10.1. The molecule has 0 spiro atoms. The van der Waals surface area contributed by atoms with Crippen molar-refractivity contribution < 1.29 is 14.3 Å². The highest BCUT2D eigenvalue weighted by atomic mass is 35.5. The summed E-state index contributed by atoms with van der Waals surface area (Å²) in [5.41, 5.74) is 1.99. The molecular weight excluding hydrogens is 340 g/mol. The number of carbonyl (C=O) groups is 2. The van der Waals surface area contributed by atoms with Crippen molar-refractivity contribution in [2.45, 2.75) is 12.8 Å². The number of benzene rings is 2. The first kappa shape index (κ1) is 19.0. The summed E-state index contributed by atoms with van der Waals surface area (Å²) >= 11 is 6.06. The summed E-state index contributed by atoms with van der Waals surface area (Å²) in [4.78, 5) is 23.6. The Balaban J connectivity index is 1.75. The summed E-state index contributed by atoms with van der Waals surface area (Å²) in [6, 6.07) is 14.8. The molecule has 2 aromatic carbocycles. The van der Waals surface area contributed by atoms with Crippen LogP contribution in [0.4, 0.5) is 5.69 Å². The van der Waals surface area contributed by atoms with Gasteiger partial charge in [0.1, 0.15) is 0 Å². The Bertz CT molecular complexity index is 720. The molecule has 0 radical (unpaired) electrons. The summed E-state index contributed by atoms with van der Waals surface area (Å²) in [7, 11) is 1.30. The highest BCUT2D eigenvalue weighted by Gasteiger charge is 2.11. The van der Waals surface area contributed by atoms with Gasteiger partial charge in [0, 0.05) is 13.0 Å². The van der Waals surface area contributed by atoms with Crippen LogP contribution in [0.2, 0.25) is 5.02 Å². The van der Waals surface area contributed by atoms with Crippen LogP contribution >= 0.6 is 11.6 Å². The third kappa shape index (κ3) is 6.21. The third-order valence-corrected chi connectivity index (χ3v) is 3.95. The zero-order chi connectivity index (χ0) is 18.1. The number of hydrogen-bond acceptors (Lipinski definition) is 4. The maximum atomic E-state index is 12.0. The van der Waals surface area contributed by atoms with Crippen LogP contribution in [0.3, 0.4) is 0 Å². The minimum absolute atomic E-state index is 0.170. The number of anilines is 1. The molecule has 2 rings (SSSR count). The van der Waals surface area contributed by atoms with E-state index in [4.69, 9.17) is 11.6 Å². The molecule has 0 atom stereocenters. The number of amides is 1. The van der Waals surface area contributed by atoms with Crippen molar-refractivity contribution >= 4 is 29.2 Å². The fourth-order valence-corrected chi connectivity index (χ4v) is 2.45. The van der Waals surface area contributed by atoms with E-state index in [2.05, 4.69) is 27.5 Å². The second kappa shape index (κ2) is 9.81. The highest BCUT2D eigenvalue weighted by molar-refractivity contribution is 6.33. The predicted octanol–water partition coefficient (Wildman–Crippen LogP) is 3.29. The second-order valence-electron chi connectivity index (χ2n) is 5.47. The van der Waals surface area contributed by atoms with Crippen LogP contribution in [0.25, 0.3) is 0 Å². The van der Waals surface area contributed by atoms with Gasteiger partial charge in [-0.25, -0.2) is 4.79 Å². The molecule has 1 amide bonds. The lowest BCUT2D eigenvalue weighted by Crippen LogP contribution is -2.23. The summed E-state index contributed by atoms with van der Waals surface area (Å²) in [6.45, 7) is 1.36. The minimum Gasteiger partial charge on any atom is -0.465 e. The van der Waals surface area contributed by atoms with Crippen molar-refractivity contribution in [3.63, 3.8) is 0 Å². The molecule has 0 unspecified atom stereocenters. The van der Waals surface area contributed by atoms with Crippen molar-refractivity contribution in [2.75, 3.05) is 25.5 Å². The van der Waals surface area contributed by atoms with Gasteiger partial charge >= 0.3 is 5.97 Å². The first-order chi connectivity index (χ1) is 12.1. The summed E-state index contributed by atoms with van der Waals surface area (Å²) in [6.07, 6.45) is 1.23. The van der Waals surface area contributed by atoms with E-state index in [1.165, 1.54) is 18.7 Å². The van der Waals surface area contributed by atoms with Gasteiger partial charge in [0.05, 0.1) is 23.4 Å². The summed E-state index contributed by atoms with van der Waals surface area (Å²) in [5, 5.41) is 6.33. The Morgan fingerprint density at radius 1 is 1.08 bits per heavy atom. The topological polar surface area (TPSA) is 67.4 Å². The molecule has 0 aromatic heterocycles. The molecule has 0 fully saturated rings. The molecule has 0 saturated carbocycles. The zero-order valence-corrected chi connectivity index (χ0v) is 14.8. The molecule has 0 aliphatic heterocycles. The molecule has 0 heterocycles. The van der Waals surface area contributed by atoms with Gasteiger partial charge in [-0.15, -0.1) is 0 Å². The Morgan fingerprint density at radius 3 is 2.56 bits per heavy atom. The number of carbonyl (C=O) groups excluding carboxylic acids is 2. The van der Waals surface area contributed by atoms with Crippen LogP contribution in [0.5, 0.6) is 0 Å². The molecule has 2 aromatic rings. The van der Waals surface area contributed by atoms with E-state index in [0.29, 0.717) is 29.2 Å². The zero-order valence-electron chi connectivity index (χ0n) is 14.0. The van der Waals surface area contributed by atoms with E-state index in [1.807, 2.05) is 18.2 Å². The van der Waals surface area contributed by atoms with Gasteiger partial charge in [0.15, 0.2) is 0 Å². The van der Waals surface area contributed by atoms with Crippen molar-refractivity contribution in [1.29, 1.82) is 0 Å². The van der Waals surface area contributed by atoms with Crippen LogP contribution in [0, 0.1) is 0 Å². The average Bonchev–Trinajstić information content (AvgIpc) is 2.63. The molecule has 6 heteroatoms. The number of nitrogens with one attached hydrogen (secondary N) is 2. The predicted molar refractivity (Wildman–Crippen MR) is 99.1 cm³/mol. The monoisotopic (exact) mass is 360 g/mol. The molecule has 0 saturated heterocycles. The number of methoxy groups -OCH3 is 1. The fraction of sp³-hybridized carbons (Fsp3) is 0.263. The lowest BCUT2D eigenvalue weighted by Gasteiger charge is -2.09. The smallest absolute Gasteiger partial charge is 0.337 e. The van der Waals surface area contributed by atoms with E-state index in [1.54, 1.807) is 12.1 Å². The molecule has 2 N–H and O–H groups in total. The van der Waals surface area contributed by atoms with Gasteiger partial charge in [-0.05, 0) is 36.7 Å². The third-order valence-electron chi connectivity index (χ3n) is 3.62. The minimum atomic E-state index is -0.477. The van der Waals surface area contributed by atoms with Crippen LogP contribution in [0.1, 0.15) is 22.3 Å². The van der Waals surface area contributed by atoms with Gasteiger partial charge in [-0.3, -0.25) is 4.79 Å². The van der Waals surface area contributed by atoms with E-state index < -0.39 is 5.97 Å². The van der Waals surface area contributed by atoms with Crippen molar-refractivity contribution in [3.05, 3.63) is 64.7 Å². The molecule has 132 valence electrons. The Labute approximate surface area is 152 Å². The van der Waals surface area contributed by atoms with Gasteiger partial charge in [-0.1, -0.05) is 41.9 Å². The van der Waals surface area contributed by atoms with Crippen molar-refractivity contribution in [2.24, 2.45) is 0 Å². The van der Waals surface area contributed by atoms with Crippen LogP contribution in [-0.2, 0) is 16.0 Å². The van der Waals surface area contributed by atoms with Gasteiger partial charge in [0.2, 0.25) is 5.91 Å². The highest BCUT2D eigenvalue weighted by Crippen LogP contribution is 2.23. The molecule has 0 bridgehead atoms. The van der Waals surface area contributed by atoms with Crippen LogP contribution in [0.15, 0.2) is 48.5 Å². The van der Waals surface area contributed by atoms with Gasteiger partial charge in [0.25, 0.3) is 0 Å². The normalized spacial score (nSPS) is 10.3. The van der Waals surface area contributed by atoms with E-state index in [9.17, 15) is 9.59 Å². The standard InChI is InChI=1S/C19H21ClN2O3/c1-25-19(24)15-7-8-16(20)17(13-15)22-18(23)10-12-21-11-9-14-5-3-2-4-6-14/h2-8,13,21H,9-12H2,1H3,(H,22,23). The first-order valence-electron chi connectivity index (χ1n) is 8.02. The SMILES string of the molecule is COC(=O)c1ccc(Cl)c(NC(=O)CCNCCc2ccccc2)c1. The molecule has 5 nitrogen and oxygen atoms in total. The largest absolute Gasteiger partial charge is 0.465 e. The average molecular weight is 361 g/mol. The molecule has 0 aliphatic rings. The van der Waals surface area contributed by atoms with Gasteiger partial charge in [-0.2, -0.15) is 0 Å². The molecule has 0 aliphatic carbocycles. The number of esters is 1. The molecular formula is C19H21ClN2O3. The first-order valence-corrected chi connectivity index (χ1v) is 8.40. The van der Waals surface area contributed by atoms with Crippen LogP contribution in [-0.4, -0.2) is 32.1 Å². The summed E-state index contributed by atoms with van der Waals surface area (Å²) in [5.74, 6) is -0.647. The quantitative estimate of drug-likeness (QED) is 0.560. The van der Waals surface area contributed by atoms with E-state index in [-0.39, 0.29) is 5.91 Å². The lowest BCUT2D eigenvalue weighted by molar-refractivity contribution is -0.116. The Hall–Kier alpha value is -2.37. The number of ether oxygens (including phenoxy) is 1. The van der Waals surface area contributed by atoms with E-state index in [0.717, 1.165) is 13.0 Å². The number of hydrogen-bond donors (Lipinski definition) is 2. The summed E-state index contributed by atoms with van der Waals surface area (Å²) < 4.78 is 4.66. The van der Waals surface area contributed by atoms with Crippen LogP contribution < -0.4 is 10.6 Å². The second-order valence-corrected chi connectivity index (χ2v) is 5.88. The molecule has 25 heavy (non-hydrogen) atoms. The number of halogens is 1. The maximum absolute atomic E-state index is 12.0. The van der Waals surface area contributed by atoms with Crippen molar-refractivity contribution in [1.82, 2.24) is 5.32 Å². The Morgan fingerprint density at radius 2 is 1.84 bits per heavy atom. The van der Waals surface area contributed by atoms with Crippen molar-refractivity contribution in [3.8, 4) is 0 Å². The van der Waals surface area contributed by atoms with Gasteiger partial charge < -0.3 is 15.4 Å². The van der Waals surface area contributed by atoms with E-state index >= 15 is 0 Å². The maximum Gasteiger partial charge on any atom is 0.337 e. The Kier molecular flexibility index (Phi) is 7.44. The number of rotatable bonds is 8.